The molecule has 3 saturated heterocycles. The maximum absolute atomic E-state index is 6.50. The fraction of sp³-hybridized carbons (Fsp3) is 0.455. The second kappa shape index (κ2) is 6.71. The standard InChI is InChI=1S/C22H24N8O2/c1-28-16(3-7-25-28)15-10-19(22-6-2-14(32-22)11-23-13-22)27-30-18(15)12-24-21(30)17-4-8-26-29(17)20-5-9-31-20/h3-4,7-8,10,12,14,20,23H,2,5-6,9,11,13H2,1H3. The van der Waals surface area contributed by atoms with Crippen LogP contribution in [0, 0.1) is 0 Å². The number of fused-ring (bicyclic) bond motifs is 3. The Kier molecular flexibility index (Phi) is 3.88. The van der Waals surface area contributed by atoms with Crippen LogP contribution in [-0.4, -0.2) is 60.0 Å². The minimum Gasteiger partial charge on any atom is -0.363 e. The minimum atomic E-state index is -0.427. The van der Waals surface area contributed by atoms with Crippen molar-refractivity contribution in [2.45, 2.75) is 37.2 Å². The Morgan fingerprint density at radius 3 is 2.84 bits per heavy atom. The van der Waals surface area contributed by atoms with E-state index in [-0.39, 0.29) is 12.3 Å². The molecule has 32 heavy (non-hydrogen) atoms. The average Bonchev–Trinajstić information content (AvgIpc) is 3.54. The molecule has 0 spiro atoms. The summed E-state index contributed by atoms with van der Waals surface area (Å²) in [5.41, 5.74) is 4.34. The summed E-state index contributed by atoms with van der Waals surface area (Å²) in [6.07, 6.45) is 8.60. The molecule has 1 N–H and O–H groups in total. The van der Waals surface area contributed by atoms with Crippen LogP contribution in [0.3, 0.4) is 0 Å². The zero-order valence-corrected chi connectivity index (χ0v) is 17.8. The molecular formula is C22H24N8O2. The molecule has 7 rings (SSSR count). The highest BCUT2D eigenvalue weighted by molar-refractivity contribution is 5.80. The van der Waals surface area contributed by atoms with Gasteiger partial charge in [0.05, 0.1) is 35.8 Å². The van der Waals surface area contributed by atoms with E-state index in [2.05, 4.69) is 21.6 Å². The van der Waals surface area contributed by atoms with Crippen LogP contribution in [0.1, 0.15) is 31.2 Å². The van der Waals surface area contributed by atoms with Crippen molar-refractivity contribution in [3.8, 4) is 22.8 Å². The van der Waals surface area contributed by atoms with E-state index in [1.165, 1.54) is 0 Å². The molecule has 0 amide bonds. The molecule has 0 aromatic carbocycles. The van der Waals surface area contributed by atoms with Gasteiger partial charge in [-0.2, -0.15) is 15.3 Å². The van der Waals surface area contributed by atoms with E-state index in [1.54, 1.807) is 6.20 Å². The molecule has 3 aliphatic rings. The van der Waals surface area contributed by atoms with E-state index in [4.69, 9.17) is 19.6 Å². The summed E-state index contributed by atoms with van der Waals surface area (Å²) in [7, 11) is 1.95. The number of aryl methyl sites for hydroxylation is 1. The summed E-state index contributed by atoms with van der Waals surface area (Å²) in [4.78, 5) is 4.78. The number of rotatable bonds is 4. The van der Waals surface area contributed by atoms with Gasteiger partial charge in [-0.3, -0.25) is 4.68 Å². The number of aromatic nitrogens is 7. The normalized spacial score (nSPS) is 27.2. The number of ether oxygens (including phenoxy) is 2. The van der Waals surface area contributed by atoms with Crippen molar-refractivity contribution in [3.05, 3.63) is 42.5 Å². The zero-order chi connectivity index (χ0) is 21.3. The fourth-order valence-corrected chi connectivity index (χ4v) is 5.17. The molecule has 7 heterocycles. The molecule has 164 valence electrons. The number of nitrogens with one attached hydrogen (secondary N) is 1. The van der Waals surface area contributed by atoms with Gasteiger partial charge in [0.25, 0.3) is 0 Å². The second-order valence-corrected chi connectivity index (χ2v) is 8.84. The molecule has 4 aromatic rings. The Labute approximate surface area is 184 Å². The van der Waals surface area contributed by atoms with E-state index in [1.807, 2.05) is 45.5 Å². The monoisotopic (exact) mass is 432 g/mol. The molecule has 0 radical (unpaired) electrons. The predicted molar refractivity (Wildman–Crippen MR) is 115 cm³/mol. The van der Waals surface area contributed by atoms with Gasteiger partial charge >= 0.3 is 0 Å². The third-order valence-electron chi connectivity index (χ3n) is 6.96. The molecule has 3 aliphatic heterocycles. The zero-order valence-electron chi connectivity index (χ0n) is 17.8. The highest BCUT2D eigenvalue weighted by Crippen LogP contribution is 2.42. The lowest BCUT2D eigenvalue weighted by molar-refractivity contribution is -0.105. The van der Waals surface area contributed by atoms with Gasteiger partial charge in [-0.1, -0.05) is 0 Å². The van der Waals surface area contributed by atoms with E-state index in [0.29, 0.717) is 0 Å². The molecular weight excluding hydrogens is 408 g/mol. The van der Waals surface area contributed by atoms with Gasteiger partial charge in [0.2, 0.25) is 0 Å². The van der Waals surface area contributed by atoms with Crippen LogP contribution < -0.4 is 5.32 Å². The Morgan fingerprint density at radius 2 is 2.03 bits per heavy atom. The summed E-state index contributed by atoms with van der Waals surface area (Å²) >= 11 is 0. The maximum atomic E-state index is 6.50. The Balaban J connectivity index is 1.46. The predicted octanol–water partition coefficient (Wildman–Crippen LogP) is 1.89. The number of imidazole rings is 1. The third-order valence-corrected chi connectivity index (χ3v) is 6.96. The number of hydrogen-bond donors (Lipinski definition) is 1. The van der Waals surface area contributed by atoms with Crippen LogP contribution in [0.4, 0.5) is 0 Å². The lowest BCUT2D eigenvalue weighted by Gasteiger charge is -2.33. The molecule has 3 atom stereocenters. The van der Waals surface area contributed by atoms with Crippen molar-refractivity contribution in [2.24, 2.45) is 7.05 Å². The Hall–Kier alpha value is -3.08. The first-order valence-electron chi connectivity index (χ1n) is 11.1. The van der Waals surface area contributed by atoms with Crippen molar-refractivity contribution in [1.82, 2.24) is 39.5 Å². The second-order valence-electron chi connectivity index (χ2n) is 8.84. The SMILES string of the molecule is Cn1nccc1-c1cc(C23CCC(CNC2)O3)nn2c(-c3ccnn3C3CCO3)ncc12. The van der Waals surface area contributed by atoms with Crippen LogP contribution in [0.25, 0.3) is 28.3 Å². The topological polar surface area (TPSA) is 96.3 Å². The largest absolute Gasteiger partial charge is 0.363 e. The number of hydrogen-bond acceptors (Lipinski definition) is 7. The van der Waals surface area contributed by atoms with Crippen LogP contribution in [0.5, 0.6) is 0 Å². The van der Waals surface area contributed by atoms with Crippen molar-refractivity contribution < 1.29 is 9.47 Å². The van der Waals surface area contributed by atoms with E-state index in [9.17, 15) is 0 Å². The Bertz CT molecular complexity index is 1310. The first-order valence-corrected chi connectivity index (χ1v) is 11.1. The van der Waals surface area contributed by atoms with Gasteiger partial charge in [0, 0.05) is 44.5 Å². The lowest BCUT2D eigenvalue weighted by Crippen LogP contribution is -2.46. The van der Waals surface area contributed by atoms with Gasteiger partial charge < -0.3 is 14.8 Å². The summed E-state index contributed by atoms with van der Waals surface area (Å²) < 4.78 is 17.9. The van der Waals surface area contributed by atoms with Gasteiger partial charge in [-0.25, -0.2) is 14.2 Å². The van der Waals surface area contributed by atoms with Gasteiger partial charge in [0.1, 0.15) is 11.3 Å². The fourth-order valence-electron chi connectivity index (χ4n) is 5.17. The molecule has 3 fully saturated rings. The van der Waals surface area contributed by atoms with Crippen molar-refractivity contribution in [1.29, 1.82) is 0 Å². The summed E-state index contributed by atoms with van der Waals surface area (Å²) in [5.74, 6) is 0.744. The molecule has 4 aromatic heterocycles. The summed E-state index contributed by atoms with van der Waals surface area (Å²) in [6, 6.07) is 6.14. The maximum Gasteiger partial charge on any atom is 0.179 e. The third kappa shape index (κ3) is 2.57. The summed E-state index contributed by atoms with van der Waals surface area (Å²) in [6.45, 7) is 2.41. The molecule has 2 bridgehead atoms. The summed E-state index contributed by atoms with van der Waals surface area (Å²) in [5, 5.41) is 17.5. The molecule has 3 unspecified atom stereocenters. The molecule has 0 saturated carbocycles. The van der Waals surface area contributed by atoms with Crippen molar-refractivity contribution >= 4 is 5.52 Å². The first kappa shape index (κ1) is 18.5. The number of nitrogens with zero attached hydrogens (tertiary/aromatic N) is 7. The van der Waals surface area contributed by atoms with Crippen molar-refractivity contribution in [2.75, 3.05) is 19.7 Å². The van der Waals surface area contributed by atoms with Gasteiger partial charge in [-0.15, -0.1) is 0 Å². The Morgan fingerprint density at radius 1 is 1.16 bits per heavy atom. The molecule has 0 aliphatic carbocycles. The average molecular weight is 432 g/mol. The minimum absolute atomic E-state index is 0.0489. The molecule has 10 nitrogen and oxygen atoms in total. The number of morpholine rings is 1. The van der Waals surface area contributed by atoms with Crippen LogP contribution in [0.15, 0.2) is 36.8 Å². The van der Waals surface area contributed by atoms with E-state index >= 15 is 0 Å². The van der Waals surface area contributed by atoms with Gasteiger partial charge in [-0.05, 0) is 31.0 Å². The van der Waals surface area contributed by atoms with Gasteiger partial charge in [0.15, 0.2) is 12.1 Å². The van der Waals surface area contributed by atoms with Crippen LogP contribution in [-0.2, 0) is 22.1 Å². The highest BCUT2D eigenvalue weighted by atomic mass is 16.5. The lowest BCUT2D eigenvalue weighted by atomic mass is 9.94. The van der Waals surface area contributed by atoms with Crippen LogP contribution >= 0.6 is 0 Å². The van der Waals surface area contributed by atoms with E-state index in [0.717, 1.165) is 72.9 Å². The van der Waals surface area contributed by atoms with Crippen LogP contribution in [0.2, 0.25) is 0 Å². The van der Waals surface area contributed by atoms with E-state index < -0.39 is 5.60 Å². The smallest absolute Gasteiger partial charge is 0.179 e. The molecule has 10 heteroatoms. The highest BCUT2D eigenvalue weighted by Gasteiger charge is 2.46. The quantitative estimate of drug-likeness (QED) is 0.526. The van der Waals surface area contributed by atoms with Crippen molar-refractivity contribution in [3.63, 3.8) is 0 Å². The first-order chi connectivity index (χ1) is 15.7.